The molecule has 0 radical (unpaired) electrons. The molecule has 1 aliphatic carbocycles. The standard InChI is InChI=1S/C25H18N2O2/c28-24-18-13-7-8-14-19(18)25(29)22(24)21-15-20(16-9-3-1-4-10-16)23(27-26-21)17-11-5-2-6-12-17/h1-15,20,22-23H/t20-,23+/m1/s1. The Hall–Kier alpha value is -3.66. The molecule has 0 fully saturated rings. The topological polar surface area (TPSA) is 58.9 Å². The van der Waals surface area contributed by atoms with Crippen LogP contribution in [0, 0.1) is 5.92 Å². The maximum atomic E-state index is 12.9. The zero-order valence-corrected chi connectivity index (χ0v) is 15.6. The van der Waals surface area contributed by atoms with E-state index in [0.717, 1.165) is 11.1 Å². The molecule has 29 heavy (non-hydrogen) atoms. The monoisotopic (exact) mass is 378 g/mol. The van der Waals surface area contributed by atoms with E-state index in [0.29, 0.717) is 16.8 Å². The average molecular weight is 378 g/mol. The Labute approximate surface area is 168 Å². The van der Waals surface area contributed by atoms with Gasteiger partial charge in [-0.3, -0.25) is 9.59 Å². The molecule has 1 aliphatic heterocycles. The van der Waals surface area contributed by atoms with Gasteiger partial charge in [-0.1, -0.05) is 84.9 Å². The molecule has 0 spiro atoms. The Balaban J connectivity index is 1.57. The van der Waals surface area contributed by atoms with Gasteiger partial charge in [-0.05, 0) is 17.2 Å². The van der Waals surface area contributed by atoms with Gasteiger partial charge in [-0.15, -0.1) is 0 Å². The molecule has 5 rings (SSSR count). The van der Waals surface area contributed by atoms with Crippen LogP contribution in [0.25, 0.3) is 0 Å². The molecule has 4 nitrogen and oxygen atoms in total. The van der Waals surface area contributed by atoms with E-state index in [4.69, 9.17) is 0 Å². The molecule has 0 unspecified atom stereocenters. The number of carbonyl (C=O) groups is 2. The molecule has 0 saturated carbocycles. The van der Waals surface area contributed by atoms with E-state index in [2.05, 4.69) is 10.2 Å². The highest BCUT2D eigenvalue weighted by molar-refractivity contribution is 6.28. The summed E-state index contributed by atoms with van der Waals surface area (Å²) >= 11 is 0. The van der Waals surface area contributed by atoms with Crippen molar-refractivity contribution in [2.45, 2.75) is 12.0 Å². The summed E-state index contributed by atoms with van der Waals surface area (Å²) in [6.45, 7) is 0. The lowest BCUT2D eigenvalue weighted by molar-refractivity contribution is 0.0861. The molecule has 2 aliphatic rings. The van der Waals surface area contributed by atoms with Crippen molar-refractivity contribution < 1.29 is 9.59 Å². The molecule has 0 bridgehead atoms. The second kappa shape index (κ2) is 7.06. The molecule has 2 atom stereocenters. The van der Waals surface area contributed by atoms with Crippen molar-refractivity contribution in [3.63, 3.8) is 0 Å². The van der Waals surface area contributed by atoms with Crippen molar-refractivity contribution in [2.75, 3.05) is 0 Å². The number of azo groups is 1. The molecule has 3 aromatic carbocycles. The van der Waals surface area contributed by atoms with Gasteiger partial charge in [0, 0.05) is 17.0 Å². The van der Waals surface area contributed by atoms with Crippen LogP contribution in [0.15, 0.2) is 107 Å². The largest absolute Gasteiger partial charge is 0.293 e. The van der Waals surface area contributed by atoms with E-state index < -0.39 is 5.92 Å². The van der Waals surface area contributed by atoms with Gasteiger partial charge in [0.15, 0.2) is 11.6 Å². The van der Waals surface area contributed by atoms with Gasteiger partial charge in [-0.2, -0.15) is 10.2 Å². The maximum absolute atomic E-state index is 12.9. The smallest absolute Gasteiger partial charge is 0.180 e. The summed E-state index contributed by atoms with van der Waals surface area (Å²) in [5, 5.41) is 8.94. The van der Waals surface area contributed by atoms with E-state index in [-0.39, 0.29) is 23.5 Å². The van der Waals surface area contributed by atoms with Gasteiger partial charge in [0.2, 0.25) is 0 Å². The zero-order valence-electron chi connectivity index (χ0n) is 15.6. The summed E-state index contributed by atoms with van der Waals surface area (Å²) in [7, 11) is 0. The minimum Gasteiger partial charge on any atom is -0.293 e. The van der Waals surface area contributed by atoms with Gasteiger partial charge < -0.3 is 0 Å². The van der Waals surface area contributed by atoms with Crippen LogP contribution in [-0.4, -0.2) is 11.6 Å². The Morgan fingerprint density at radius 2 is 1.14 bits per heavy atom. The molecule has 0 aromatic heterocycles. The Kier molecular flexibility index (Phi) is 4.24. The molecular formula is C25H18N2O2. The van der Waals surface area contributed by atoms with E-state index in [9.17, 15) is 9.59 Å². The SMILES string of the molecule is O=C1c2ccccc2C(=O)C1C1=C[C@H](c2ccccc2)[C@H](c2ccccc2)N=N1. The number of hydrogen-bond acceptors (Lipinski definition) is 4. The Morgan fingerprint density at radius 3 is 1.72 bits per heavy atom. The third kappa shape index (κ3) is 2.93. The number of nitrogens with zero attached hydrogens (tertiary/aromatic N) is 2. The van der Waals surface area contributed by atoms with Crippen LogP contribution in [0.1, 0.15) is 43.8 Å². The average Bonchev–Trinajstić information content (AvgIpc) is 3.05. The van der Waals surface area contributed by atoms with Crippen molar-refractivity contribution in [2.24, 2.45) is 16.1 Å². The van der Waals surface area contributed by atoms with E-state index in [1.165, 1.54) is 0 Å². The summed E-state index contributed by atoms with van der Waals surface area (Å²) in [6, 6.07) is 26.8. The zero-order chi connectivity index (χ0) is 19.8. The van der Waals surface area contributed by atoms with Crippen LogP contribution in [0.5, 0.6) is 0 Å². The number of Topliss-reactive ketones (excluding diaryl/α,β-unsaturated/α-hetero) is 2. The van der Waals surface area contributed by atoms with Crippen LogP contribution in [0.4, 0.5) is 0 Å². The number of benzene rings is 3. The molecule has 4 heteroatoms. The highest BCUT2D eigenvalue weighted by atomic mass is 16.2. The number of carbonyl (C=O) groups excluding carboxylic acids is 2. The number of fused-ring (bicyclic) bond motifs is 1. The fraction of sp³-hybridized carbons (Fsp3) is 0.120. The van der Waals surface area contributed by atoms with Gasteiger partial charge in [0.05, 0.1) is 5.70 Å². The van der Waals surface area contributed by atoms with Crippen LogP contribution in [0.2, 0.25) is 0 Å². The lowest BCUT2D eigenvalue weighted by atomic mass is 9.84. The summed E-state index contributed by atoms with van der Waals surface area (Å²) in [5.74, 6) is -1.39. The van der Waals surface area contributed by atoms with E-state index in [1.54, 1.807) is 24.3 Å². The second-order valence-corrected chi connectivity index (χ2v) is 7.31. The van der Waals surface area contributed by atoms with Crippen molar-refractivity contribution >= 4 is 11.6 Å². The van der Waals surface area contributed by atoms with Crippen LogP contribution < -0.4 is 0 Å². The van der Waals surface area contributed by atoms with Crippen molar-refractivity contribution in [3.05, 3.63) is 119 Å². The normalized spacial score (nSPS) is 21.2. The summed E-state index contributed by atoms with van der Waals surface area (Å²) in [6.07, 6.45) is 1.95. The number of rotatable bonds is 3. The van der Waals surface area contributed by atoms with Crippen LogP contribution in [0.3, 0.4) is 0 Å². The molecule has 0 saturated heterocycles. The molecular weight excluding hydrogens is 360 g/mol. The van der Waals surface area contributed by atoms with Crippen molar-refractivity contribution in [1.29, 1.82) is 0 Å². The lowest BCUT2D eigenvalue weighted by Crippen LogP contribution is -2.20. The van der Waals surface area contributed by atoms with Crippen molar-refractivity contribution in [1.82, 2.24) is 0 Å². The Morgan fingerprint density at radius 1 is 0.621 bits per heavy atom. The highest BCUT2D eigenvalue weighted by Crippen LogP contribution is 2.43. The first-order chi connectivity index (χ1) is 14.2. The van der Waals surface area contributed by atoms with Gasteiger partial charge >= 0.3 is 0 Å². The summed E-state index contributed by atoms with van der Waals surface area (Å²) < 4.78 is 0. The lowest BCUT2D eigenvalue weighted by Gasteiger charge is -2.26. The first-order valence-corrected chi connectivity index (χ1v) is 9.64. The first-order valence-electron chi connectivity index (χ1n) is 9.64. The quantitative estimate of drug-likeness (QED) is 0.561. The molecule has 0 amide bonds. The summed E-state index contributed by atoms with van der Waals surface area (Å²) in [5.41, 5.74) is 3.51. The first kappa shape index (κ1) is 17.4. The number of allylic oxidation sites excluding steroid dienone is 1. The molecule has 3 aromatic rings. The third-order valence-corrected chi connectivity index (χ3v) is 5.59. The maximum Gasteiger partial charge on any atom is 0.180 e. The predicted octanol–water partition coefficient (Wildman–Crippen LogP) is 5.56. The number of hydrogen-bond donors (Lipinski definition) is 0. The van der Waals surface area contributed by atoms with Gasteiger partial charge in [0.25, 0.3) is 0 Å². The fourth-order valence-corrected chi connectivity index (χ4v) is 4.15. The van der Waals surface area contributed by atoms with Crippen LogP contribution in [-0.2, 0) is 0 Å². The predicted molar refractivity (Wildman–Crippen MR) is 110 cm³/mol. The van der Waals surface area contributed by atoms with E-state index >= 15 is 0 Å². The minimum atomic E-state index is -0.904. The van der Waals surface area contributed by atoms with Crippen LogP contribution >= 0.6 is 0 Å². The molecule has 0 N–H and O–H groups in total. The fourth-order valence-electron chi connectivity index (χ4n) is 4.15. The molecule has 140 valence electrons. The number of ketones is 2. The highest BCUT2D eigenvalue weighted by Gasteiger charge is 2.42. The second-order valence-electron chi connectivity index (χ2n) is 7.31. The van der Waals surface area contributed by atoms with Gasteiger partial charge in [-0.25, -0.2) is 0 Å². The Bertz CT molecular complexity index is 1110. The van der Waals surface area contributed by atoms with Gasteiger partial charge in [0.1, 0.15) is 12.0 Å². The molecule has 1 heterocycles. The van der Waals surface area contributed by atoms with Crippen molar-refractivity contribution in [3.8, 4) is 0 Å². The van der Waals surface area contributed by atoms with E-state index in [1.807, 2.05) is 66.7 Å². The minimum absolute atomic E-state index is 0.101. The summed E-state index contributed by atoms with van der Waals surface area (Å²) in [4.78, 5) is 25.9. The third-order valence-electron chi connectivity index (χ3n) is 5.59.